The zero-order valence-corrected chi connectivity index (χ0v) is 11.8. The molecule has 0 aromatic carbocycles. The van der Waals surface area contributed by atoms with Crippen LogP contribution in [0.4, 0.5) is 13.2 Å². The fourth-order valence-corrected chi connectivity index (χ4v) is 2.57. The van der Waals surface area contributed by atoms with Crippen molar-refractivity contribution in [2.75, 3.05) is 39.4 Å². The summed E-state index contributed by atoms with van der Waals surface area (Å²) in [6.45, 7) is 6.73. The molecule has 2 unspecified atom stereocenters. The van der Waals surface area contributed by atoms with Gasteiger partial charge in [0.2, 0.25) is 0 Å². The summed E-state index contributed by atoms with van der Waals surface area (Å²) >= 11 is 0. The normalized spacial score (nSPS) is 23.5. The molecule has 0 spiro atoms. The van der Waals surface area contributed by atoms with Crippen molar-refractivity contribution in [2.24, 2.45) is 5.92 Å². The van der Waals surface area contributed by atoms with E-state index in [9.17, 15) is 13.2 Å². The fraction of sp³-hybridized carbons (Fsp3) is 1.00. The maximum atomic E-state index is 11.9. The predicted octanol–water partition coefficient (Wildman–Crippen LogP) is 2.28. The van der Waals surface area contributed by atoms with Gasteiger partial charge in [-0.25, -0.2) is 0 Å². The van der Waals surface area contributed by atoms with Crippen molar-refractivity contribution < 1.29 is 17.9 Å². The molecule has 0 aromatic heterocycles. The van der Waals surface area contributed by atoms with Gasteiger partial charge in [-0.1, -0.05) is 6.92 Å². The third-order valence-corrected chi connectivity index (χ3v) is 3.59. The zero-order chi connectivity index (χ0) is 14.3. The highest BCUT2D eigenvalue weighted by atomic mass is 19.4. The molecule has 1 fully saturated rings. The van der Waals surface area contributed by atoms with Gasteiger partial charge in [0.1, 0.15) is 6.61 Å². The molecule has 0 amide bonds. The number of halogens is 3. The minimum absolute atomic E-state index is 0.155. The van der Waals surface area contributed by atoms with Crippen molar-refractivity contribution in [2.45, 2.75) is 38.9 Å². The lowest BCUT2D eigenvalue weighted by Gasteiger charge is -2.36. The van der Waals surface area contributed by atoms with E-state index in [4.69, 9.17) is 0 Å². The van der Waals surface area contributed by atoms with Crippen molar-refractivity contribution in [1.29, 1.82) is 0 Å². The summed E-state index contributed by atoms with van der Waals surface area (Å²) < 4.78 is 40.4. The molecule has 1 aliphatic rings. The van der Waals surface area contributed by atoms with Crippen LogP contribution in [0.15, 0.2) is 0 Å². The van der Waals surface area contributed by atoms with Gasteiger partial charge in [-0.15, -0.1) is 0 Å². The number of rotatable bonds is 7. The smallest absolute Gasteiger partial charge is 0.371 e. The number of alkyl halides is 3. The molecule has 0 bridgehead atoms. The SMILES string of the molecule is CCNC(C)C1CCCN(CCOCC(F)(F)F)C1. The summed E-state index contributed by atoms with van der Waals surface area (Å²) in [5.74, 6) is 0.580. The van der Waals surface area contributed by atoms with Crippen LogP contribution in [-0.4, -0.2) is 56.5 Å². The molecule has 0 radical (unpaired) electrons. The van der Waals surface area contributed by atoms with E-state index in [0.717, 1.165) is 26.1 Å². The lowest BCUT2D eigenvalue weighted by Crippen LogP contribution is -2.45. The van der Waals surface area contributed by atoms with Crippen molar-refractivity contribution in [1.82, 2.24) is 10.2 Å². The van der Waals surface area contributed by atoms with Crippen LogP contribution in [0.3, 0.4) is 0 Å². The van der Waals surface area contributed by atoms with E-state index in [2.05, 4.69) is 28.8 Å². The summed E-state index contributed by atoms with van der Waals surface area (Å²) in [6.07, 6.45) is -1.92. The highest BCUT2D eigenvalue weighted by molar-refractivity contribution is 4.80. The second kappa shape index (κ2) is 8.07. The van der Waals surface area contributed by atoms with E-state index in [1.807, 2.05) is 0 Å². The molecule has 1 rings (SSSR count). The summed E-state index contributed by atoms with van der Waals surface area (Å²) in [5, 5.41) is 3.42. The number of likely N-dealkylation sites (tertiary alicyclic amines) is 1. The van der Waals surface area contributed by atoms with E-state index < -0.39 is 12.8 Å². The largest absolute Gasteiger partial charge is 0.411 e. The van der Waals surface area contributed by atoms with Crippen molar-refractivity contribution in [3.63, 3.8) is 0 Å². The van der Waals surface area contributed by atoms with Crippen LogP contribution in [0.5, 0.6) is 0 Å². The third-order valence-electron chi connectivity index (χ3n) is 3.59. The Hall–Kier alpha value is -0.330. The van der Waals surface area contributed by atoms with Crippen LogP contribution in [0.1, 0.15) is 26.7 Å². The standard InChI is InChI=1S/C13H25F3N2O/c1-3-17-11(2)12-5-4-6-18(9-12)7-8-19-10-13(14,15)16/h11-12,17H,3-10H2,1-2H3. The number of nitrogens with one attached hydrogen (secondary N) is 1. The predicted molar refractivity (Wildman–Crippen MR) is 69.2 cm³/mol. The molecule has 6 heteroatoms. The van der Waals surface area contributed by atoms with Crippen molar-refractivity contribution >= 4 is 0 Å². The van der Waals surface area contributed by atoms with E-state index in [1.54, 1.807) is 0 Å². The Morgan fingerprint density at radius 2 is 2.16 bits per heavy atom. The molecular weight excluding hydrogens is 257 g/mol. The van der Waals surface area contributed by atoms with E-state index in [-0.39, 0.29) is 6.61 Å². The van der Waals surface area contributed by atoms with Crippen molar-refractivity contribution in [3.05, 3.63) is 0 Å². The van der Waals surface area contributed by atoms with Crippen LogP contribution >= 0.6 is 0 Å². The van der Waals surface area contributed by atoms with Gasteiger partial charge >= 0.3 is 6.18 Å². The molecule has 2 atom stereocenters. The summed E-state index contributed by atoms with van der Waals surface area (Å²) in [6, 6.07) is 0.462. The maximum absolute atomic E-state index is 11.9. The van der Waals surface area contributed by atoms with E-state index in [1.165, 1.54) is 6.42 Å². The molecule has 1 N–H and O–H groups in total. The van der Waals surface area contributed by atoms with Crippen LogP contribution in [0.2, 0.25) is 0 Å². The van der Waals surface area contributed by atoms with Crippen LogP contribution in [0.25, 0.3) is 0 Å². The summed E-state index contributed by atoms with van der Waals surface area (Å²) in [4.78, 5) is 2.21. The average molecular weight is 282 g/mol. The highest BCUT2D eigenvalue weighted by Crippen LogP contribution is 2.19. The maximum Gasteiger partial charge on any atom is 0.411 e. The first-order valence-electron chi connectivity index (χ1n) is 7.02. The van der Waals surface area contributed by atoms with Gasteiger partial charge in [0.15, 0.2) is 0 Å². The van der Waals surface area contributed by atoms with Crippen LogP contribution in [0, 0.1) is 5.92 Å². The second-order valence-electron chi connectivity index (χ2n) is 5.22. The van der Waals surface area contributed by atoms with E-state index >= 15 is 0 Å². The van der Waals surface area contributed by atoms with Gasteiger partial charge in [0.05, 0.1) is 6.61 Å². The number of hydrogen-bond acceptors (Lipinski definition) is 3. The molecular formula is C13H25F3N2O. The first kappa shape index (κ1) is 16.7. The first-order valence-corrected chi connectivity index (χ1v) is 7.02. The third kappa shape index (κ3) is 7.13. The van der Waals surface area contributed by atoms with Gasteiger partial charge in [0.25, 0.3) is 0 Å². The number of hydrogen-bond donors (Lipinski definition) is 1. The fourth-order valence-electron chi connectivity index (χ4n) is 2.57. The number of ether oxygens (including phenoxy) is 1. The molecule has 0 aliphatic carbocycles. The van der Waals surface area contributed by atoms with Crippen LogP contribution < -0.4 is 5.32 Å². The summed E-state index contributed by atoms with van der Waals surface area (Å²) in [7, 11) is 0. The van der Waals surface area contributed by atoms with Gasteiger partial charge in [-0.2, -0.15) is 13.2 Å². The lowest BCUT2D eigenvalue weighted by molar-refractivity contribution is -0.174. The van der Waals surface area contributed by atoms with Crippen LogP contribution in [-0.2, 0) is 4.74 Å². The van der Waals surface area contributed by atoms with Gasteiger partial charge in [0, 0.05) is 19.1 Å². The minimum Gasteiger partial charge on any atom is -0.371 e. The topological polar surface area (TPSA) is 24.5 Å². The number of piperidine rings is 1. The Balaban J connectivity index is 2.20. The lowest BCUT2D eigenvalue weighted by atomic mass is 9.91. The molecule has 19 heavy (non-hydrogen) atoms. The quantitative estimate of drug-likeness (QED) is 0.725. The Morgan fingerprint density at radius 1 is 1.42 bits per heavy atom. The molecule has 3 nitrogen and oxygen atoms in total. The van der Waals surface area contributed by atoms with E-state index in [0.29, 0.717) is 18.5 Å². The number of nitrogens with zero attached hydrogens (tertiary/aromatic N) is 1. The Kier molecular flexibility index (Phi) is 7.10. The van der Waals surface area contributed by atoms with Gasteiger partial charge in [-0.3, -0.25) is 0 Å². The second-order valence-corrected chi connectivity index (χ2v) is 5.22. The zero-order valence-electron chi connectivity index (χ0n) is 11.8. The minimum atomic E-state index is -4.22. The molecule has 0 saturated carbocycles. The Bertz CT molecular complexity index is 249. The highest BCUT2D eigenvalue weighted by Gasteiger charge is 2.28. The van der Waals surface area contributed by atoms with Gasteiger partial charge < -0.3 is 15.0 Å². The molecule has 0 aromatic rings. The van der Waals surface area contributed by atoms with Crippen molar-refractivity contribution in [3.8, 4) is 0 Å². The first-order chi connectivity index (χ1) is 8.92. The summed E-state index contributed by atoms with van der Waals surface area (Å²) in [5.41, 5.74) is 0. The Morgan fingerprint density at radius 3 is 2.79 bits per heavy atom. The molecule has 114 valence electrons. The monoisotopic (exact) mass is 282 g/mol. The Labute approximate surface area is 113 Å². The van der Waals surface area contributed by atoms with Gasteiger partial charge in [-0.05, 0) is 38.8 Å². The molecule has 1 aliphatic heterocycles. The molecule has 1 heterocycles. The average Bonchev–Trinajstić information content (AvgIpc) is 2.34. The molecule has 1 saturated heterocycles.